The highest BCUT2D eigenvalue weighted by Crippen LogP contribution is 2.62. The Balaban J connectivity index is 2.02. The first-order valence-corrected chi connectivity index (χ1v) is 13.5. The standard InChI is InChI=1S/C26H43N3O4S/c1-8-29(9-2)21(33)12-16-22-17(34-23(28-22)27-20(32)14-24(3,4)5)13-18-25(16,6)11-10-19(31)26(18,7)15-30/h16,18-19,30-31H,8-15H2,1-7H3,(H,27,28,32). The quantitative estimate of drug-likeness (QED) is 0.528. The molecule has 192 valence electrons. The van der Waals surface area contributed by atoms with Gasteiger partial charge in [0, 0.05) is 42.1 Å². The number of hydrogen-bond acceptors (Lipinski definition) is 6. The fourth-order valence-electron chi connectivity index (χ4n) is 6.22. The zero-order valence-corrected chi connectivity index (χ0v) is 22.7. The van der Waals surface area contributed by atoms with Crippen LogP contribution in [-0.2, 0) is 16.0 Å². The highest BCUT2D eigenvalue weighted by atomic mass is 32.1. The highest BCUT2D eigenvalue weighted by molar-refractivity contribution is 7.15. The molecule has 5 atom stereocenters. The minimum Gasteiger partial charge on any atom is -0.396 e. The van der Waals surface area contributed by atoms with E-state index >= 15 is 0 Å². The SMILES string of the molecule is CCN(CC)C(=O)CC1c2nc(NC(=O)CC(C)(C)C)sc2CC2C(C)(CO)C(O)CCC12C. The summed E-state index contributed by atoms with van der Waals surface area (Å²) in [7, 11) is 0. The molecule has 1 saturated carbocycles. The maximum absolute atomic E-state index is 13.3. The van der Waals surface area contributed by atoms with Gasteiger partial charge in [-0.05, 0) is 49.9 Å². The number of carbonyl (C=O) groups is 2. The number of carbonyl (C=O) groups excluding carboxylic acids is 2. The molecular formula is C26H43N3O4S. The van der Waals surface area contributed by atoms with Gasteiger partial charge in [0.05, 0.1) is 18.4 Å². The maximum Gasteiger partial charge on any atom is 0.226 e. The minimum absolute atomic E-state index is 0.00864. The Hall–Kier alpha value is -1.51. The summed E-state index contributed by atoms with van der Waals surface area (Å²) in [6.07, 6.45) is 2.20. The van der Waals surface area contributed by atoms with Crippen molar-refractivity contribution in [3.05, 3.63) is 10.6 Å². The van der Waals surface area contributed by atoms with E-state index in [9.17, 15) is 19.8 Å². The van der Waals surface area contributed by atoms with Crippen LogP contribution < -0.4 is 5.32 Å². The van der Waals surface area contributed by atoms with Crippen molar-refractivity contribution >= 4 is 28.3 Å². The first kappa shape index (κ1) is 27.1. The smallest absolute Gasteiger partial charge is 0.226 e. The number of rotatable bonds is 7. The number of amides is 2. The van der Waals surface area contributed by atoms with E-state index in [1.165, 1.54) is 11.3 Å². The van der Waals surface area contributed by atoms with E-state index < -0.39 is 11.5 Å². The van der Waals surface area contributed by atoms with E-state index in [4.69, 9.17) is 4.98 Å². The topological polar surface area (TPSA) is 103 Å². The molecule has 2 aliphatic carbocycles. The van der Waals surface area contributed by atoms with Crippen molar-refractivity contribution in [1.82, 2.24) is 9.88 Å². The van der Waals surface area contributed by atoms with Gasteiger partial charge in [0.25, 0.3) is 0 Å². The molecule has 1 fully saturated rings. The fraction of sp³-hybridized carbons (Fsp3) is 0.808. The lowest BCUT2D eigenvalue weighted by Gasteiger charge is -2.58. The van der Waals surface area contributed by atoms with Crippen LogP contribution in [0.25, 0.3) is 0 Å². The molecule has 0 bridgehead atoms. The molecule has 34 heavy (non-hydrogen) atoms. The second-order valence-corrected chi connectivity index (χ2v) is 13.0. The Bertz CT molecular complexity index is 906. The second-order valence-electron chi connectivity index (χ2n) is 11.9. The fourth-order valence-corrected chi connectivity index (χ4v) is 7.31. The Morgan fingerprint density at radius 1 is 1.24 bits per heavy atom. The first-order valence-electron chi connectivity index (χ1n) is 12.6. The van der Waals surface area contributed by atoms with Crippen LogP contribution in [0.3, 0.4) is 0 Å². The zero-order valence-electron chi connectivity index (χ0n) is 21.9. The predicted molar refractivity (Wildman–Crippen MR) is 136 cm³/mol. The molecule has 8 heteroatoms. The van der Waals surface area contributed by atoms with Crippen LogP contribution in [0.2, 0.25) is 0 Å². The zero-order chi connectivity index (χ0) is 25.5. The van der Waals surface area contributed by atoms with E-state index in [0.29, 0.717) is 43.9 Å². The van der Waals surface area contributed by atoms with E-state index in [0.717, 1.165) is 17.0 Å². The summed E-state index contributed by atoms with van der Waals surface area (Å²) < 4.78 is 0. The lowest BCUT2D eigenvalue weighted by atomic mass is 9.47. The monoisotopic (exact) mass is 493 g/mol. The third kappa shape index (κ3) is 5.05. The molecule has 3 rings (SSSR count). The summed E-state index contributed by atoms with van der Waals surface area (Å²) in [5.74, 6) is -0.0776. The Kier molecular flexibility index (Phi) is 7.85. The van der Waals surface area contributed by atoms with E-state index in [1.807, 2.05) is 46.4 Å². The van der Waals surface area contributed by atoms with E-state index in [1.54, 1.807) is 0 Å². The summed E-state index contributed by atoms with van der Waals surface area (Å²) in [5.41, 5.74) is -0.151. The van der Waals surface area contributed by atoms with Crippen molar-refractivity contribution in [2.45, 2.75) is 92.6 Å². The van der Waals surface area contributed by atoms with Gasteiger partial charge >= 0.3 is 0 Å². The number of hydrogen-bond donors (Lipinski definition) is 3. The van der Waals surface area contributed by atoms with Crippen LogP contribution in [0, 0.1) is 22.2 Å². The van der Waals surface area contributed by atoms with Crippen LogP contribution in [-0.4, -0.2) is 57.7 Å². The number of aliphatic hydroxyl groups is 2. The van der Waals surface area contributed by atoms with Gasteiger partial charge < -0.3 is 20.4 Å². The van der Waals surface area contributed by atoms with Gasteiger partial charge in [-0.15, -0.1) is 11.3 Å². The Morgan fingerprint density at radius 3 is 2.44 bits per heavy atom. The predicted octanol–water partition coefficient (Wildman–Crippen LogP) is 4.19. The molecule has 5 unspecified atom stereocenters. The summed E-state index contributed by atoms with van der Waals surface area (Å²) >= 11 is 1.48. The van der Waals surface area contributed by atoms with Crippen LogP contribution in [0.4, 0.5) is 5.13 Å². The third-order valence-electron chi connectivity index (χ3n) is 8.33. The average Bonchev–Trinajstić information content (AvgIpc) is 3.13. The molecule has 2 amide bonds. The van der Waals surface area contributed by atoms with Crippen LogP contribution in [0.15, 0.2) is 0 Å². The van der Waals surface area contributed by atoms with Gasteiger partial charge in [-0.25, -0.2) is 4.98 Å². The largest absolute Gasteiger partial charge is 0.396 e. The van der Waals surface area contributed by atoms with Gasteiger partial charge in [0.2, 0.25) is 11.8 Å². The molecule has 0 aliphatic heterocycles. The molecule has 1 aromatic heterocycles. The van der Waals surface area contributed by atoms with Gasteiger partial charge in [-0.2, -0.15) is 0 Å². The number of nitrogens with zero attached hydrogens (tertiary/aromatic N) is 2. The third-order valence-corrected chi connectivity index (χ3v) is 9.33. The lowest BCUT2D eigenvalue weighted by Crippen LogP contribution is -2.57. The number of fused-ring (bicyclic) bond motifs is 2. The molecule has 1 heterocycles. The first-order chi connectivity index (χ1) is 15.8. The second kappa shape index (κ2) is 9.86. The number of nitrogens with one attached hydrogen (secondary N) is 1. The maximum atomic E-state index is 13.3. The van der Waals surface area contributed by atoms with Gasteiger partial charge in [0.1, 0.15) is 0 Å². The molecule has 2 aliphatic rings. The molecule has 1 aromatic rings. The molecular weight excluding hydrogens is 450 g/mol. The van der Waals surface area contributed by atoms with Crippen molar-refractivity contribution in [2.24, 2.45) is 22.2 Å². The van der Waals surface area contributed by atoms with Gasteiger partial charge in [-0.3, -0.25) is 9.59 Å². The Labute approximate surface area is 208 Å². The molecule has 0 spiro atoms. The van der Waals surface area contributed by atoms with Crippen molar-refractivity contribution in [1.29, 1.82) is 0 Å². The highest BCUT2D eigenvalue weighted by Gasteiger charge is 2.59. The van der Waals surface area contributed by atoms with Crippen LogP contribution in [0.1, 0.15) is 90.6 Å². The van der Waals surface area contributed by atoms with Gasteiger partial charge in [0.15, 0.2) is 5.13 Å². The molecule has 0 radical (unpaired) electrons. The molecule has 3 N–H and O–H groups in total. The van der Waals surface area contributed by atoms with Crippen molar-refractivity contribution in [3.8, 4) is 0 Å². The molecule has 0 saturated heterocycles. The minimum atomic E-state index is -0.652. The summed E-state index contributed by atoms with van der Waals surface area (Å²) in [6.45, 7) is 15.5. The summed E-state index contributed by atoms with van der Waals surface area (Å²) in [5, 5.41) is 24.8. The normalized spacial score (nSPS) is 30.9. The van der Waals surface area contributed by atoms with E-state index in [-0.39, 0.29) is 41.1 Å². The van der Waals surface area contributed by atoms with Gasteiger partial charge in [-0.1, -0.05) is 34.6 Å². The number of thiazole rings is 1. The van der Waals surface area contributed by atoms with Crippen molar-refractivity contribution in [3.63, 3.8) is 0 Å². The lowest BCUT2D eigenvalue weighted by molar-refractivity contribution is -0.147. The average molecular weight is 494 g/mol. The summed E-state index contributed by atoms with van der Waals surface area (Å²) in [4.78, 5) is 33.7. The molecule has 0 aromatic carbocycles. The van der Waals surface area contributed by atoms with E-state index in [2.05, 4.69) is 12.2 Å². The Morgan fingerprint density at radius 2 is 1.88 bits per heavy atom. The van der Waals surface area contributed by atoms with Crippen molar-refractivity contribution in [2.75, 3.05) is 25.0 Å². The molecule has 7 nitrogen and oxygen atoms in total. The number of aliphatic hydroxyl groups excluding tert-OH is 2. The van der Waals surface area contributed by atoms with Crippen LogP contribution in [0.5, 0.6) is 0 Å². The number of aromatic nitrogens is 1. The van der Waals surface area contributed by atoms with Crippen molar-refractivity contribution < 1.29 is 19.8 Å². The van der Waals surface area contributed by atoms with Crippen LogP contribution >= 0.6 is 11.3 Å². The number of anilines is 1. The summed E-state index contributed by atoms with van der Waals surface area (Å²) in [6, 6.07) is 0.